The first-order chi connectivity index (χ1) is 15.4. The zero-order valence-corrected chi connectivity index (χ0v) is 17.3. The first-order valence-corrected chi connectivity index (χ1v) is 9.42. The van der Waals surface area contributed by atoms with Gasteiger partial charge in [0.2, 0.25) is 0 Å². The third-order valence-corrected chi connectivity index (χ3v) is 4.42. The van der Waals surface area contributed by atoms with Gasteiger partial charge in [0.1, 0.15) is 11.5 Å². The van der Waals surface area contributed by atoms with Gasteiger partial charge in [0.15, 0.2) is 0 Å². The Labute approximate surface area is 183 Å². The van der Waals surface area contributed by atoms with E-state index in [1.807, 2.05) is 6.92 Å². The van der Waals surface area contributed by atoms with Gasteiger partial charge in [0.25, 0.3) is 11.6 Å². The standard InChI is InChI=1S/C23H19N3O6/c1-15-3-5-17(6-4-15)23(28)32-21-12-9-19(26(29)30)13-18(21)14-24-25-22(27)16-7-10-20(31-2)11-8-16/h3-14H,1-2H3,(H,25,27)/b24-14+. The number of nitro groups is 1. The van der Waals surface area contributed by atoms with Gasteiger partial charge in [0.05, 0.1) is 23.8 Å². The van der Waals surface area contributed by atoms with Crippen LogP contribution in [0.1, 0.15) is 31.8 Å². The summed E-state index contributed by atoms with van der Waals surface area (Å²) in [6, 6.07) is 16.9. The summed E-state index contributed by atoms with van der Waals surface area (Å²) in [5.41, 5.74) is 3.91. The molecule has 0 atom stereocenters. The number of nitrogens with one attached hydrogen (secondary N) is 1. The molecule has 0 saturated carbocycles. The van der Waals surface area contributed by atoms with Crippen LogP contribution in [0.2, 0.25) is 0 Å². The van der Waals surface area contributed by atoms with Crippen molar-refractivity contribution in [2.45, 2.75) is 6.92 Å². The summed E-state index contributed by atoms with van der Waals surface area (Å²) in [6.45, 7) is 1.89. The molecule has 9 nitrogen and oxygen atoms in total. The Morgan fingerprint density at radius 3 is 2.28 bits per heavy atom. The van der Waals surface area contributed by atoms with E-state index >= 15 is 0 Å². The van der Waals surface area contributed by atoms with E-state index in [9.17, 15) is 19.7 Å². The maximum atomic E-state index is 12.4. The first-order valence-electron chi connectivity index (χ1n) is 9.42. The van der Waals surface area contributed by atoms with E-state index in [2.05, 4.69) is 10.5 Å². The molecule has 0 bridgehead atoms. The Kier molecular flexibility index (Phi) is 6.92. The van der Waals surface area contributed by atoms with E-state index in [1.165, 1.54) is 31.5 Å². The minimum atomic E-state index is -0.629. The summed E-state index contributed by atoms with van der Waals surface area (Å²) >= 11 is 0. The molecule has 0 unspecified atom stereocenters. The highest BCUT2D eigenvalue weighted by Gasteiger charge is 2.15. The van der Waals surface area contributed by atoms with E-state index in [0.717, 1.165) is 5.56 Å². The van der Waals surface area contributed by atoms with Crippen molar-refractivity contribution >= 4 is 23.8 Å². The van der Waals surface area contributed by atoms with Crippen molar-refractivity contribution in [3.05, 3.63) is 99.1 Å². The smallest absolute Gasteiger partial charge is 0.343 e. The molecule has 0 aliphatic carbocycles. The summed E-state index contributed by atoms with van der Waals surface area (Å²) in [4.78, 5) is 35.2. The van der Waals surface area contributed by atoms with Crippen LogP contribution in [-0.2, 0) is 0 Å². The van der Waals surface area contributed by atoms with Crippen molar-refractivity contribution in [3.8, 4) is 11.5 Å². The number of rotatable bonds is 7. The maximum Gasteiger partial charge on any atom is 0.343 e. The fourth-order valence-corrected chi connectivity index (χ4v) is 2.66. The molecule has 0 aliphatic rings. The minimum absolute atomic E-state index is 0.0589. The molecule has 0 aromatic heterocycles. The highest BCUT2D eigenvalue weighted by atomic mass is 16.6. The van der Waals surface area contributed by atoms with Crippen molar-refractivity contribution < 1.29 is 24.0 Å². The largest absolute Gasteiger partial charge is 0.497 e. The number of nitrogens with zero attached hydrogens (tertiary/aromatic N) is 2. The maximum absolute atomic E-state index is 12.4. The van der Waals surface area contributed by atoms with E-state index in [0.29, 0.717) is 16.9 Å². The van der Waals surface area contributed by atoms with Crippen LogP contribution in [0.25, 0.3) is 0 Å². The molecule has 1 amide bonds. The first kappa shape index (κ1) is 22.2. The fourth-order valence-electron chi connectivity index (χ4n) is 2.66. The lowest BCUT2D eigenvalue weighted by molar-refractivity contribution is -0.384. The van der Waals surface area contributed by atoms with Crippen LogP contribution in [0.5, 0.6) is 11.5 Å². The number of hydrogen-bond donors (Lipinski definition) is 1. The molecule has 3 aromatic rings. The molecule has 0 radical (unpaired) electrons. The second-order valence-electron chi connectivity index (χ2n) is 6.66. The van der Waals surface area contributed by atoms with Crippen molar-refractivity contribution in [1.82, 2.24) is 5.43 Å². The molecule has 0 heterocycles. The zero-order chi connectivity index (χ0) is 23.1. The number of esters is 1. The molecule has 0 saturated heterocycles. The SMILES string of the molecule is COc1ccc(C(=O)N/N=C/c2cc([N+](=O)[O-])ccc2OC(=O)c2ccc(C)cc2)cc1. The van der Waals surface area contributed by atoms with Gasteiger partial charge in [-0.1, -0.05) is 17.7 Å². The van der Waals surface area contributed by atoms with E-state index in [1.54, 1.807) is 48.5 Å². The van der Waals surface area contributed by atoms with Gasteiger partial charge in [-0.3, -0.25) is 14.9 Å². The van der Waals surface area contributed by atoms with Crippen molar-refractivity contribution in [2.75, 3.05) is 7.11 Å². The van der Waals surface area contributed by atoms with Crippen LogP contribution < -0.4 is 14.9 Å². The monoisotopic (exact) mass is 433 g/mol. The second kappa shape index (κ2) is 9.98. The highest BCUT2D eigenvalue weighted by molar-refractivity contribution is 5.96. The number of ether oxygens (including phenoxy) is 2. The lowest BCUT2D eigenvalue weighted by Crippen LogP contribution is -2.17. The van der Waals surface area contributed by atoms with E-state index in [-0.39, 0.29) is 17.0 Å². The third kappa shape index (κ3) is 5.54. The summed E-state index contributed by atoms with van der Waals surface area (Å²) in [6.07, 6.45) is 1.17. The Balaban J connectivity index is 1.79. The lowest BCUT2D eigenvalue weighted by atomic mass is 10.1. The molecule has 3 aromatic carbocycles. The fraction of sp³-hybridized carbons (Fsp3) is 0.0870. The predicted molar refractivity (Wildman–Crippen MR) is 117 cm³/mol. The lowest BCUT2D eigenvalue weighted by Gasteiger charge is -2.08. The van der Waals surface area contributed by atoms with Crippen molar-refractivity contribution in [1.29, 1.82) is 0 Å². The highest BCUT2D eigenvalue weighted by Crippen LogP contribution is 2.24. The van der Waals surface area contributed by atoms with Crippen LogP contribution in [0, 0.1) is 17.0 Å². The van der Waals surface area contributed by atoms with Gasteiger partial charge < -0.3 is 9.47 Å². The summed E-state index contributed by atoms with van der Waals surface area (Å²) in [7, 11) is 1.52. The predicted octanol–water partition coefficient (Wildman–Crippen LogP) is 3.89. The number of nitro benzene ring substituents is 1. The molecule has 1 N–H and O–H groups in total. The number of hydrogen-bond acceptors (Lipinski definition) is 7. The van der Waals surface area contributed by atoms with Crippen LogP contribution in [0.15, 0.2) is 71.8 Å². The quantitative estimate of drug-likeness (QED) is 0.198. The van der Waals surface area contributed by atoms with Gasteiger partial charge in [0, 0.05) is 23.3 Å². The molecular weight excluding hydrogens is 414 g/mol. The molecule has 0 fully saturated rings. The van der Waals surface area contributed by atoms with Gasteiger partial charge in [-0.25, -0.2) is 10.2 Å². The van der Waals surface area contributed by atoms with E-state index in [4.69, 9.17) is 9.47 Å². The van der Waals surface area contributed by atoms with Crippen LogP contribution in [-0.4, -0.2) is 30.1 Å². The van der Waals surface area contributed by atoms with Crippen LogP contribution >= 0.6 is 0 Å². The van der Waals surface area contributed by atoms with E-state index < -0.39 is 16.8 Å². The number of carbonyl (C=O) groups is 2. The van der Waals surface area contributed by atoms with Crippen molar-refractivity contribution in [2.24, 2.45) is 5.10 Å². The number of benzene rings is 3. The third-order valence-electron chi connectivity index (χ3n) is 4.42. The van der Waals surface area contributed by atoms with Crippen LogP contribution in [0.3, 0.4) is 0 Å². The van der Waals surface area contributed by atoms with Gasteiger partial charge in [-0.2, -0.15) is 5.10 Å². The van der Waals surface area contributed by atoms with Gasteiger partial charge >= 0.3 is 5.97 Å². The Bertz CT molecular complexity index is 1170. The summed E-state index contributed by atoms with van der Waals surface area (Å²) < 4.78 is 10.4. The Hall–Kier alpha value is -4.53. The molecule has 0 spiro atoms. The van der Waals surface area contributed by atoms with Gasteiger partial charge in [-0.15, -0.1) is 0 Å². The second-order valence-corrected chi connectivity index (χ2v) is 6.66. The number of methoxy groups -OCH3 is 1. The normalized spacial score (nSPS) is 10.6. The average molecular weight is 433 g/mol. The summed E-state index contributed by atoms with van der Waals surface area (Å²) in [5.74, 6) is -0.464. The number of amides is 1. The van der Waals surface area contributed by atoms with Crippen molar-refractivity contribution in [3.63, 3.8) is 0 Å². The zero-order valence-electron chi connectivity index (χ0n) is 17.3. The number of aryl methyl sites for hydroxylation is 1. The molecule has 32 heavy (non-hydrogen) atoms. The Morgan fingerprint density at radius 1 is 1.00 bits per heavy atom. The van der Waals surface area contributed by atoms with Gasteiger partial charge in [-0.05, 0) is 49.4 Å². The topological polar surface area (TPSA) is 120 Å². The van der Waals surface area contributed by atoms with Crippen LogP contribution in [0.4, 0.5) is 5.69 Å². The average Bonchev–Trinajstić information content (AvgIpc) is 2.80. The number of non-ortho nitro benzene ring substituents is 1. The molecular formula is C23H19N3O6. The summed E-state index contributed by atoms with van der Waals surface area (Å²) in [5, 5.41) is 15.0. The number of hydrazone groups is 1. The molecule has 9 heteroatoms. The Morgan fingerprint density at radius 2 is 1.66 bits per heavy atom. The number of carbonyl (C=O) groups excluding carboxylic acids is 2. The molecule has 3 rings (SSSR count). The molecule has 162 valence electrons. The minimum Gasteiger partial charge on any atom is -0.497 e. The molecule has 0 aliphatic heterocycles.